The lowest BCUT2D eigenvalue weighted by Gasteiger charge is -2.39. The minimum atomic E-state index is -6.14. The first-order valence-corrected chi connectivity index (χ1v) is 32.8. The maximum absolute atomic E-state index is 14.5. The van der Waals surface area contributed by atoms with Gasteiger partial charge in [-0.2, -0.15) is 13.2 Å². The number of halogens is 4. The number of piperazine rings is 2. The highest BCUT2D eigenvalue weighted by Gasteiger charge is 2.49. The molecule has 3 atom stereocenters. The number of thioether (sulfide) groups is 1. The first-order valence-electron chi connectivity index (χ1n) is 28.5. The molecule has 450 valence electrons. The molecule has 5 aliphatic heterocycles. The van der Waals surface area contributed by atoms with Crippen molar-refractivity contribution in [1.29, 1.82) is 0 Å². The van der Waals surface area contributed by atoms with Crippen molar-refractivity contribution in [2.45, 2.75) is 104 Å². The average Bonchev–Trinajstić information content (AvgIpc) is 2.61. The number of carbonyl (C=O) groups excluding carboxylic acids is 4. The van der Waals surface area contributed by atoms with E-state index in [1.165, 1.54) is 50.6 Å². The number of rotatable bonds is 19. The topological polar surface area (TPSA) is 192 Å². The number of likely N-dealkylation sites (tertiary alicyclic amines) is 2. The largest absolute Gasteiger partial charge is 0.501 e. The second-order valence-corrected chi connectivity index (χ2v) is 28.7. The highest BCUT2D eigenvalue weighted by atomic mass is 35.5. The Hall–Kier alpha value is -6.47. The van der Waals surface area contributed by atoms with E-state index in [-0.39, 0.29) is 54.4 Å². The van der Waals surface area contributed by atoms with Crippen LogP contribution in [0, 0.1) is 5.41 Å². The average molecular weight is 1240 g/mol. The molecule has 5 aromatic rings. The van der Waals surface area contributed by atoms with Crippen molar-refractivity contribution in [3.63, 3.8) is 0 Å². The van der Waals surface area contributed by atoms with Crippen molar-refractivity contribution >= 4 is 83.9 Å². The molecule has 3 N–H and O–H groups in total. The second-order valence-electron chi connectivity index (χ2n) is 23.6. The van der Waals surface area contributed by atoms with E-state index in [0.29, 0.717) is 61.5 Å². The fourth-order valence-corrected chi connectivity index (χ4v) is 15.8. The van der Waals surface area contributed by atoms with Crippen LogP contribution in [-0.2, 0) is 37.7 Å². The Bertz CT molecular complexity index is 3650. The number of amides is 5. The van der Waals surface area contributed by atoms with Gasteiger partial charge < -0.3 is 10.2 Å². The van der Waals surface area contributed by atoms with Crippen LogP contribution in [0.3, 0.4) is 0 Å². The third-order valence-corrected chi connectivity index (χ3v) is 21.5. The molecule has 11 rings (SSSR count). The summed E-state index contributed by atoms with van der Waals surface area (Å²) in [5.74, 6) is -1.43. The molecule has 4 saturated heterocycles. The Morgan fingerprint density at radius 2 is 1.53 bits per heavy atom. The lowest BCUT2D eigenvalue weighted by atomic mass is 9.73. The molecule has 2 bridgehead atoms. The first kappa shape index (κ1) is 60.2. The number of sulfone groups is 1. The normalized spacial score (nSPS) is 20.9. The van der Waals surface area contributed by atoms with Crippen LogP contribution in [-0.4, -0.2) is 154 Å². The zero-order chi connectivity index (χ0) is 60.0. The predicted molar refractivity (Wildman–Crippen MR) is 320 cm³/mol. The number of nitrogens with zero attached hydrogens (tertiary/aromatic N) is 6. The maximum atomic E-state index is 14.5. The fourth-order valence-electron chi connectivity index (χ4n) is 12.6. The molecule has 4 fully saturated rings. The monoisotopic (exact) mass is 1240 g/mol. The van der Waals surface area contributed by atoms with Crippen molar-refractivity contribution < 1.29 is 49.2 Å². The van der Waals surface area contributed by atoms with Gasteiger partial charge in [-0.3, -0.25) is 34.4 Å². The smallest absolute Gasteiger partial charge is 0.380 e. The molecule has 0 aromatic heterocycles. The van der Waals surface area contributed by atoms with E-state index in [0.717, 1.165) is 85.7 Å². The van der Waals surface area contributed by atoms with Gasteiger partial charge in [0.2, 0.25) is 5.91 Å². The highest BCUT2D eigenvalue weighted by Crippen LogP contribution is 2.44. The van der Waals surface area contributed by atoms with Crippen LogP contribution < -0.4 is 20.3 Å². The van der Waals surface area contributed by atoms with Gasteiger partial charge in [0.05, 0.1) is 23.7 Å². The van der Waals surface area contributed by atoms with Gasteiger partial charge in [0.15, 0.2) is 0 Å². The van der Waals surface area contributed by atoms with Gasteiger partial charge in [-0.05, 0) is 133 Å². The standard InChI is InChI=1S/C61H67ClF3N9O8S3/c1-60(2)23-20-52(41-9-13-45(62)14-10-41)44(33-60)35-69-26-28-70(29-27-69)47-15-11-42(12-16-47)57(76)68-85(81,82)51-17-19-54(55(32-51)84(79,80)61(63,64)65)66-46(39-83-50-6-4-3-5-7-50)21-24-71-37-49-31-48(71)38-72(49)34-40-8-18-53-43(30-40)36-74(58(53)77)73-25-22-56(75)67-59(73)78/h3-19,30,32,46,48-49,66H,20-29,31,33-39H2,1-2H3,(H,68,76)(H,67,75,78)/t46-,48+,49+/m1/s1. The number of benzene rings is 5. The third kappa shape index (κ3) is 13.4. The van der Waals surface area contributed by atoms with E-state index in [4.69, 9.17) is 11.6 Å². The Labute approximate surface area is 502 Å². The molecule has 0 saturated carbocycles. The molecule has 85 heavy (non-hydrogen) atoms. The van der Waals surface area contributed by atoms with Crippen LogP contribution in [0.25, 0.3) is 5.57 Å². The number of anilines is 2. The van der Waals surface area contributed by atoms with Crippen LogP contribution in [0.2, 0.25) is 5.02 Å². The van der Waals surface area contributed by atoms with Gasteiger partial charge >= 0.3 is 11.5 Å². The van der Waals surface area contributed by atoms with Crippen LogP contribution in [0.4, 0.5) is 29.3 Å². The van der Waals surface area contributed by atoms with Crippen LogP contribution >= 0.6 is 23.4 Å². The van der Waals surface area contributed by atoms with Gasteiger partial charge in [-0.1, -0.05) is 73.5 Å². The lowest BCUT2D eigenvalue weighted by Crippen LogP contribution is -2.56. The van der Waals surface area contributed by atoms with Crippen LogP contribution in [0.5, 0.6) is 0 Å². The molecule has 24 heteroatoms. The second kappa shape index (κ2) is 24.4. The maximum Gasteiger partial charge on any atom is 0.501 e. The van der Waals surface area contributed by atoms with Gasteiger partial charge in [0, 0.05) is 116 Å². The number of hydrogen-bond acceptors (Lipinski definition) is 14. The number of carbonyl (C=O) groups is 4. The highest BCUT2D eigenvalue weighted by molar-refractivity contribution is 7.99. The number of urea groups is 1. The molecule has 17 nitrogen and oxygen atoms in total. The Morgan fingerprint density at radius 3 is 2.22 bits per heavy atom. The summed E-state index contributed by atoms with van der Waals surface area (Å²) in [4.78, 5) is 59.2. The molecule has 1 aliphatic carbocycles. The number of nitrogens with one attached hydrogen (secondary N) is 3. The third-order valence-electron chi connectivity index (χ3n) is 17.2. The summed E-state index contributed by atoms with van der Waals surface area (Å²) in [7, 11) is -11.1. The van der Waals surface area contributed by atoms with E-state index < -0.39 is 58.8 Å². The molecular weight excluding hydrogens is 1180 g/mol. The molecule has 6 aliphatic rings. The number of imide groups is 1. The van der Waals surface area contributed by atoms with Gasteiger partial charge in [0.25, 0.3) is 31.7 Å². The molecule has 5 heterocycles. The Morgan fingerprint density at radius 1 is 0.812 bits per heavy atom. The summed E-state index contributed by atoms with van der Waals surface area (Å²) >= 11 is 7.65. The van der Waals surface area contributed by atoms with Gasteiger partial charge in [0.1, 0.15) is 4.90 Å². The predicted octanol–water partition coefficient (Wildman–Crippen LogP) is 9.27. The Balaban J connectivity index is 0.726. The van der Waals surface area contributed by atoms with E-state index in [1.807, 2.05) is 59.3 Å². The molecule has 0 spiro atoms. The van der Waals surface area contributed by atoms with Crippen molar-refractivity contribution in [2.24, 2.45) is 5.41 Å². The summed E-state index contributed by atoms with van der Waals surface area (Å²) in [5.41, 5.74) is 1.09. The minimum absolute atomic E-state index is 0.0234. The molecule has 0 radical (unpaired) electrons. The summed E-state index contributed by atoms with van der Waals surface area (Å²) in [5, 5.41) is 8.67. The van der Waals surface area contributed by atoms with Gasteiger partial charge in [-0.25, -0.2) is 36.4 Å². The van der Waals surface area contributed by atoms with Crippen molar-refractivity contribution in [3.8, 4) is 0 Å². The summed E-state index contributed by atoms with van der Waals surface area (Å²) in [6.45, 7) is 11.4. The number of fused-ring (bicyclic) bond motifs is 3. The van der Waals surface area contributed by atoms with E-state index in [1.54, 1.807) is 18.2 Å². The zero-order valence-electron chi connectivity index (χ0n) is 47.1. The number of hydrazine groups is 1. The first-order chi connectivity index (χ1) is 40.5. The van der Waals surface area contributed by atoms with E-state index >= 15 is 0 Å². The zero-order valence-corrected chi connectivity index (χ0v) is 50.3. The number of allylic oxidation sites excluding steroid dienone is 1. The van der Waals surface area contributed by atoms with Crippen molar-refractivity contribution in [3.05, 3.63) is 154 Å². The molecule has 5 amide bonds. The van der Waals surface area contributed by atoms with Gasteiger partial charge in [-0.15, -0.1) is 11.8 Å². The molecule has 0 unspecified atom stereocenters. The summed E-state index contributed by atoms with van der Waals surface area (Å²) in [6, 6.07) is 31.0. The number of sulfonamides is 1. The number of hydrogen-bond donors (Lipinski definition) is 3. The molecular formula is C61H67ClF3N9O8S3. The SMILES string of the molecule is CC1(C)CCC(c2ccc(Cl)cc2)=C(CN2CCN(c3ccc(C(=O)NS(=O)(=O)c4ccc(N[C@H](CCN5C[C@@H]6C[C@H]5CN6Cc5ccc6c(c5)CN(N5CCC(=O)NC5=O)C6=O)CSc5ccccc5)c(S(=O)(=O)C(F)(F)F)c4)cc3)CC2)C1. The van der Waals surface area contributed by atoms with Crippen molar-refractivity contribution in [2.75, 3.05) is 74.9 Å². The van der Waals surface area contributed by atoms with Crippen LogP contribution in [0.1, 0.15) is 89.8 Å². The number of alkyl halides is 3. The summed E-state index contributed by atoms with van der Waals surface area (Å²) in [6.07, 6.45) is 4.48. The fraction of sp³-hybridized carbons (Fsp3) is 0.410. The summed E-state index contributed by atoms with van der Waals surface area (Å²) < 4.78 is 100. The molecule has 5 aromatic carbocycles. The van der Waals surface area contributed by atoms with E-state index in [2.05, 4.69) is 56.2 Å². The van der Waals surface area contributed by atoms with E-state index in [9.17, 15) is 49.2 Å². The lowest BCUT2D eigenvalue weighted by molar-refractivity contribution is -0.123. The Kier molecular flexibility index (Phi) is 17.3. The van der Waals surface area contributed by atoms with Crippen LogP contribution in [0.15, 0.2) is 136 Å². The van der Waals surface area contributed by atoms with Crippen molar-refractivity contribution in [1.82, 2.24) is 34.8 Å². The quantitative estimate of drug-likeness (QED) is 0.0663. The minimum Gasteiger partial charge on any atom is -0.380 e.